The minimum absolute atomic E-state index is 0.0136. The zero-order chi connectivity index (χ0) is 38.2. The highest BCUT2D eigenvalue weighted by Gasteiger charge is 2.25. The van der Waals surface area contributed by atoms with Gasteiger partial charge in [0.2, 0.25) is 0 Å². The molecule has 9 heteroatoms. The first-order valence-corrected chi connectivity index (χ1v) is 21.4. The lowest BCUT2D eigenvalue weighted by atomic mass is 10.1. The number of hydrogen-bond donors (Lipinski definition) is 1. The molecule has 0 aromatic carbocycles. The molecule has 8 nitrogen and oxygen atoms in total. The van der Waals surface area contributed by atoms with E-state index in [0.717, 1.165) is 96.3 Å². The smallest absolute Gasteiger partial charge is 0.462 e. The van der Waals surface area contributed by atoms with Gasteiger partial charge in [-0.05, 0) is 90.4 Å². The molecule has 1 N–H and O–H groups in total. The Morgan fingerprint density at radius 1 is 0.538 bits per heavy atom. The first kappa shape index (κ1) is 49.2. The topological polar surface area (TPSA) is 108 Å². The predicted molar refractivity (Wildman–Crippen MR) is 216 cm³/mol. The van der Waals surface area contributed by atoms with E-state index in [1.807, 2.05) is 0 Å². The Labute approximate surface area is 316 Å². The van der Waals surface area contributed by atoms with Gasteiger partial charge in [-0.1, -0.05) is 131 Å². The molecule has 296 valence electrons. The Hall–Kier alpha value is -2.77. The first-order valence-electron chi connectivity index (χ1n) is 19.9. The standard InChI is InChI=1S/C43H71O8P/c1-4-7-9-11-13-15-17-19-20-21-22-23-24-26-28-30-32-34-36-38-43(45)51-41(40-50-52(46,47)49-6-3)39-48-42(44)37-35-33-31-29-27-25-18-16-14-12-10-8-5-2/h7,9-10,12-13,15-16,18-20,22-23,26,28,41H,4-6,8,11,14,17,21,24-25,27,29-40H2,1-3H3,(H,46,47)/b9-7-,12-10-,15-13-,18-16-,20-19-,23-22-,28-26-. The number of carbonyl (C=O) groups excluding carboxylic acids is 2. The van der Waals surface area contributed by atoms with Gasteiger partial charge in [0.1, 0.15) is 6.61 Å². The molecule has 0 aromatic rings. The van der Waals surface area contributed by atoms with Crippen molar-refractivity contribution in [3.05, 3.63) is 85.1 Å². The van der Waals surface area contributed by atoms with Gasteiger partial charge in [0.25, 0.3) is 0 Å². The van der Waals surface area contributed by atoms with E-state index in [0.29, 0.717) is 12.8 Å². The summed E-state index contributed by atoms with van der Waals surface area (Å²) in [7, 11) is -4.30. The van der Waals surface area contributed by atoms with E-state index in [-0.39, 0.29) is 26.1 Å². The Morgan fingerprint density at radius 3 is 1.50 bits per heavy atom. The average molecular weight is 747 g/mol. The number of allylic oxidation sites excluding steroid dienone is 14. The minimum Gasteiger partial charge on any atom is -0.462 e. The molecule has 2 atom stereocenters. The van der Waals surface area contributed by atoms with E-state index in [1.165, 1.54) is 6.42 Å². The summed E-state index contributed by atoms with van der Waals surface area (Å²) < 4.78 is 32.5. The molecule has 0 rings (SSSR count). The number of rotatable bonds is 35. The molecule has 0 aliphatic rings. The second-order valence-electron chi connectivity index (χ2n) is 12.6. The van der Waals surface area contributed by atoms with Crippen molar-refractivity contribution in [3.8, 4) is 0 Å². The maximum absolute atomic E-state index is 12.5. The quantitative estimate of drug-likeness (QED) is 0.0295. The predicted octanol–water partition coefficient (Wildman–Crippen LogP) is 12.3. The van der Waals surface area contributed by atoms with Crippen LogP contribution in [-0.2, 0) is 32.7 Å². The van der Waals surface area contributed by atoms with Crippen molar-refractivity contribution < 1.29 is 37.6 Å². The summed E-state index contributed by atoms with van der Waals surface area (Å²) in [5.74, 6) is -0.862. The van der Waals surface area contributed by atoms with E-state index < -0.39 is 32.5 Å². The van der Waals surface area contributed by atoms with Crippen molar-refractivity contribution >= 4 is 19.8 Å². The maximum Gasteiger partial charge on any atom is 0.472 e. The van der Waals surface area contributed by atoms with Gasteiger partial charge in [-0.25, -0.2) is 4.57 Å². The summed E-state index contributed by atoms with van der Waals surface area (Å²) in [5.41, 5.74) is 0. The Kier molecular flexibility index (Phi) is 35.9. The Morgan fingerprint density at radius 2 is 0.981 bits per heavy atom. The number of ether oxygens (including phenoxy) is 2. The van der Waals surface area contributed by atoms with E-state index in [9.17, 15) is 19.0 Å². The highest BCUT2D eigenvalue weighted by molar-refractivity contribution is 7.47. The van der Waals surface area contributed by atoms with Crippen LogP contribution in [0.4, 0.5) is 0 Å². The number of phosphoric ester groups is 1. The fraction of sp³-hybridized carbons (Fsp3) is 0.628. The lowest BCUT2D eigenvalue weighted by Gasteiger charge is -2.19. The molecule has 0 spiro atoms. The summed E-state index contributed by atoms with van der Waals surface area (Å²) in [4.78, 5) is 34.6. The molecule has 0 radical (unpaired) electrons. The molecule has 52 heavy (non-hydrogen) atoms. The fourth-order valence-corrected chi connectivity index (χ4v) is 5.56. The van der Waals surface area contributed by atoms with E-state index >= 15 is 0 Å². The summed E-state index contributed by atoms with van der Waals surface area (Å²) in [6.45, 7) is 5.21. The van der Waals surface area contributed by atoms with Crippen LogP contribution in [0, 0.1) is 0 Å². The zero-order valence-corrected chi connectivity index (χ0v) is 33.6. The SMILES string of the molecule is CC/C=C\C/C=C\C/C=C\C/C=C\C/C=C\CCCCCC(=O)OC(COC(=O)CCCCCCC/C=C\C/C=C\CCC)COP(=O)(O)OCC. The Balaban J connectivity index is 4.24. The van der Waals surface area contributed by atoms with Crippen molar-refractivity contribution in [2.75, 3.05) is 19.8 Å². The molecule has 0 heterocycles. The molecule has 0 aromatic heterocycles. The van der Waals surface area contributed by atoms with Gasteiger partial charge in [-0.3, -0.25) is 18.6 Å². The van der Waals surface area contributed by atoms with E-state index in [4.69, 9.17) is 18.5 Å². The second kappa shape index (κ2) is 38.0. The number of unbranched alkanes of at least 4 members (excludes halogenated alkanes) is 9. The van der Waals surface area contributed by atoms with Crippen LogP contribution in [0.15, 0.2) is 85.1 Å². The van der Waals surface area contributed by atoms with Crippen molar-refractivity contribution in [1.29, 1.82) is 0 Å². The van der Waals surface area contributed by atoms with Gasteiger partial charge < -0.3 is 14.4 Å². The minimum atomic E-state index is -4.30. The van der Waals surface area contributed by atoms with Crippen LogP contribution in [0.3, 0.4) is 0 Å². The summed E-state index contributed by atoms with van der Waals surface area (Å²) >= 11 is 0. The van der Waals surface area contributed by atoms with Gasteiger partial charge in [0.15, 0.2) is 6.10 Å². The fourth-order valence-electron chi connectivity index (χ4n) is 4.81. The van der Waals surface area contributed by atoms with Gasteiger partial charge in [-0.15, -0.1) is 0 Å². The summed E-state index contributed by atoms with van der Waals surface area (Å²) in [5, 5.41) is 0. The van der Waals surface area contributed by atoms with Crippen molar-refractivity contribution in [2.24, 2.45) is 0 Å². The largest absolute Gasteiger partial charge is 0.472 e. The molecule has 0 bridgehead atoms. The number of carbonyl (C=O) groups is 2. The third-order valence-electron chi connectivity index (χ3n) is 7.67. The van der Waals surface area contributed by atoms with Gasteiger partial charge in [0.05, 0.1) is 13.2 Å². The van der Waals surface area contributed by atoms with Gasteiger partial charge >= 0.3 is 19.8 Å². The van der Waals surface area contributed by atoms with Crippen molar-refractivity contribution in [1.82, 2.24) is 0 Å². The maximum atomic E-state index is 12.5. The van der Waals surface area contributed by atoms with Crippen LogP contribution in [0.25, 0.3) is 0 Å². The van der Waals surface area contributed by atoms with Crippen LogP contribution in [0.1, 0.15) is 149 Å². The highest BCUT2D eigenvalue weighted by atomic mass is 31.2. The number of esters is 2. The second-order valence-corrected chi connectivity index (χ2v) is 14.0. The number of hydrogen-bond acceptors (Lipinski definition) is 7. The van der Waals surface area contributed by atoms with E-state index in [1.54, 1.807) is 6.92 Å². The van der Waals surface area contributed by atoms with Crippen LogP contribution < -0.4 is 0 Å². The van der Waals surface area contributed by atoms with Crippen LogP contribution in [0.5, 0.6) is 0 Å². The molecule has 0 fully saturated rings. The van der Waals surface area contributed by atoms with Gasteiger partial charge in [-0.2, -0.15) is 0 Å². The summed E-state index contributed by atoms with van der Waals surface area (Å²) in [6.07, 6.45) is 47.8. The van der Waals surface area contributed by atoms with Crippen LogP contribution in [0.2, 0.25) is 0 Å². The molecule has 0 saturated carbocycles. The molecule has 0 aliphatic heterocycles. The molecular weight excluding hydrogens is 675 g/mol. The van der Waals surface area contributed by atoms with Crippen LogP contribution in [-0.4, -0.2) is 42.8 Å². The molecule has 0 saturated heterocycles. The normalized spacial score (nSPS) is 14.3. The van der Waals surface area contributed by atoms with E-state index in [2.05, 4.69) is 98.9 Å². The summed E-state index contributed by atoms with van der Waals surface area (Å²) in [6, 6.07) is 0. The third kappa shape index (κ3) is 37.0. The third-order valence-corrected chi connectivity index (χ3v) is 8.73. The molecule has 0 amide bonds. The van der Waals surface area contributed by atoms with Crippen LogP contribution >= 0.6 is 7.82 Å². The lowest BCUT2D eigenvalue weighted by Crippen LogP contribution is -2.29. The van der Waals surface area contributed by atoms with Crippen molar-refractivity contribution in [2.45, 2.75) is 155 Å². The number of phosphoric acid groups is 1. The highest BCUT2D eigenvalue weighted by Crippen LogP contribution is 2.43. The first-order chi connectivity index (χ1) is 25.3. The lowest BCUT2D eigenvalue weighted by molar-refractivity contribution is -0.161. The zero-order valence-electron chi connectivity index (χ0n) is 32.7. The van der Waals surface area contributed by atoms with Crippen molar-refractivity contribution in [3.63, 3.8) is 0 Å². The molecular formula is C43H71O8P. The van der Waals surface area contributed by atoms with Gasteiger partial charge in [0, 0.05) is 12.8 Å². The average Bonchev–Trinajstić information content (AvgIpc) is 3.12. The molecule has 2 unspecified atom stereocenters. The monoisotopic (exact) mass is 746 g/mol. The molecule has 0 aliphatic carbocycles. The Bertz CT molecular complexity index is 1120.